The molecule has 2 aromatic rings. The molecule has 0 fully saturated rings. The number of aliphatic carboxylic acids is 1. The summed E-state index contributed by atoms with van der Waals surface area (Å²) in [4.78, 5) is 16.5. The van der Waals surface area contributed by atoms with Gasteiger partial charge in [-0.1, -0.05) is 46.6 Å². The van der Waals surface area contributed by atoms with Gasteiger partial charge in [0.1, 0.15) is 23.3 Å². The van der Waals surface area contributed by atoms with Crippen LogP contribution in [0.5, 0.6) is 5.75 Å². The molecule has 0 saturated heterocycles. The van der Waals surface area contributed by atoms with Gasteiger partial charge in [0.05, 0.1) is 11.6 Å². The maximum Gasteiger partial charge on any atom is 0.322 e. The molecule has 13 heteroatoms. The number of aryl methyl sites for hydroxylation is 1. The highest BCUT2D eigenvalue weighted by molar-refractivity contribution is 9.10. The smallest absolute Gasteiger partial charge is 0.322 e. The van der Waals surface area contributed by atoms with Gasteiger partial charge in [0, 0.05) is 10.9 Å². The molecule has 0 spiro atoms. The van der Waals surface area contributed by atoms with E-state index in [1.165, 1.54) is 6.07 Å². The van der Waals surface area contributed by atoms with E-state index in [1.807, 2.05) is 0 Å². The van der Waals surface area contributed by atoms with E-state index < -0.39 is 22.0 Å². The lowest BCUT2D eigenvalue weighted by molar-refractivity contribution is -0.138. The summed E-state index contributed by atoms with van der Waals surface area (Å²) in [5.74, 6) is -0.910. The Balaban J connectivity index is 2.04. The van der Waals surface area contributed by atoms with Crippen LogP contribution in [-0.2, 0) is 32.5 Å². The van der Waals surface area contributed by atoms with Gasteiger partial charge in [-0.3, -0.25) is 4.79 Å². The third kappa shape index (κ3) is 8.35. The van der Waals surface area contributed by atoms with Gasteiger partial charge in [0.25, 0.3) is 0 Å². The molecule has 0 aromatic heterocycles. The van der Waals surface area contributed by atoms with Crippen LogP contribution in [0.2, 0.25) is 5.02 Å². The van der Waals surface area contributed by atoms with Crippen LogP contribution < -0.4 is 20.9 Å². The molecule has 0 aliphatic carbocycles. The highest BCUT2D eigenvalue weighted by Gasteiger charge is 2.29. The quantitative estimate of drug-likeness (QED) is 0.122. The molecule has 34 heavy (non-hydrogen) atoms. The number of carboxylic acid groups (broad SMARTS) is 1. The SMILES string of the molecule is CCc1cc(Br)cc(Cl)c1S(=O)(=O)N[C@@H](Cc1ccc(OCCCON=C(N)N)cc1)C(=O)O. The number of carboxylic acids is 1. The third-order valence-corrected chi connectivity index (χ3v) is 6.99. The zero-order chi connectivity index (χ0) is 25.3. The predicted molar refractivity (Wildman–Crippen MR) is 132 cm³/mol. The van der Waals surface area contributed by atoms with E-state index in [0.29, 0.717) is 40.8 Å². The molecule has 0 radical (unpaired) electrons. The summed E-state index contributed by atoms with van der Waals surface area (Å²) in [6.45, 7) is 2.41. The van der Waals surface area contributed by atoms with Crippen LogP contribution in [0.1, 0.15) is 24.5 Å². The molecule has 2 rings (SSSR count). The van der Waals surface area contributed by atoms with Crippen LogP contribution in [0.4, 0.5) is 0 Å². The average molecular weight is 578 g/mol. The Bertz CT molecular complexity index is 1120. The number of nitrogens with two attached hydrogens (primary N) is 2. The van der Waals surface area contributed by atoms with Gasteiger partial charge in [-0.15, -0.1) is 0 Å². The van der Waals surface area contributed by atoms with Crippen LogP contribution in [0.15, 0.2) is 50.9 Å². The molecule has 10 nitrogen and oxygen atoms in total. The summed E-state index contributed by atoms with van der Waals surface area (Å²) in [5, 5.41) is 13.0. The van der Waals surface area contributed by atoms with E-state index in [2.05, 4.69) is 25.8 Å². The Kier molecular flexibility index (Phi) is 10.4. The zero-order valence-electron chi connectivity index (χ0n) is 18.3. The summed E-state index contributed by atoms with van der Waals surface area (Å²) in [6.07, 6.45) is 0.867. The van der Waals surface area contributed by atoms with Gasteiger partial charge in [-0.25, -0.2) is 8.42 Å². The number of ether oxygens (including phenoxy) is 1. The molecule has 0 saturated carbocycles. The maximum atomic E-state index is 13.0. The molecule has 2 aromatic carbocycles. The molecule has 0 bridgehead atoms. The average Bonchev–Trinajstić information content (AvgIpc) is 2.75. The Labute approximate surface area is 211 Å². The van der Waals surface area contributed by atoms with Crippen molar-refractivity contribution < 1.29 is 27.9 Å². The number of rotatable bonds is 13. The first-order valence-electron chi connectivity index (χ1n) is 10.2. The number of sulfonamides is 1. The second kappa shape index (κ2) is 12.8. The minimum absolute atomic E-state index is 0.00747. The molecule has 0 aliphatic rings. The molecule has 0 aliphatic heterocycles. The standard InChI is InChI=1S/C21H26BrClN4O6S/c1-2-14-11-15(22)12-17(23)19(14)34(30,31)27-18(20(28)29)10-13-4-6-16(7-5-13)32-8-3-9-33-26-21(24)25/h4-7,11-12,18,27H,2-3,8-10H2,1H3,(H,28,29)(H4,24,25,26)/t18-/m0/s1. The van der Waals surface area contributed by atoms with Crippen molar-refractivity contribution in [2.75, 3.05) is 13.2 Å². The maximum absolute atomic E-state index is 13.0. The fourth-order valence-corrected chi connectivity index (χ4v) is 5.72. The van der Waals surface area contributed by atoms with E-state index in [0.717, 1.165) is 0 Å². The number of hydrogen-bond donors (Lipinski definition) is 4. The molecule has 186 valence electrons. The van der Waals surface area contributed by atoms with Crippen molar-refractivity contribution in [2.24, 2.45) is 16.6 Å². The van der Waals surface area contributed by atoms with Crippen LogP contribution >= 0.6 is 27.5 Å². The number of benzene rings is 2. The monoisotopic (exact) mass is 576 g/mol. The topological polar surface area (TPSA) is 166 Å². The highest BCUT2D eigenvalue weighted by Crippen LogP contribution is 2.30. The number of oxime groups is 1. The number of nitrogens with one attached hydrogen (secondary N) is 1. The van der Waals surface area contributed by atoms with Gasteiger partial charge >= 0.3 is 5.97 Å². The Hall–Kier alpha value is -2.54. The van der Waals surface area contributed by atoms with Gasteiger partial charge in [0.15, 0.2) is 0 Å². The number of guanidine groups is 1. The minimum atomic E-state index is -4.19. The van der Waals surface area contributed by atoms with E-state index in [-0.39, 0.29) is 28.9 Å². The summed E-state index contributed by atoms with van der Waals surface area (Å²) >= 11 is 9.47. The predicted octanol–water partition coefficient (Wildman–Crippen LogP) is 2.61. The number of hydrogen-bond acceptors (Lipinski definition) is 6. The van der Waals surface area contributed by atoms with Crippen LogP contribution in [0.3, 0.4) is 0 Å². The van der Waals surface area contributed by atoms with Crippen LogP contribution in [-0.4, -0.2) is 44.7 Å². The van der Waals surface area contributed by atoms with Crippen LogP contribution in [0.25, 0.3) is 0 Å². The largest absolute Gasteiger partial charge is 0.493 e. The van der Waals surface area contributed by atoms with Crippen molar-refractivity contribution in [3.05, 3.63) is 57.0 Å². The van der Waals surface area contributed by atoms with E-state index >= 15 is 0 Å². The second-order valence-corrected chi connectivity index (χ2v) is 10.1. The fourth-order valence-electron chi connectivity index (χ4n) is 2.99. The first kappa shape index (κ1) is 27.7. The van der Waals surface area contributed by atoms with Gasteiger partial charge in [0.2, 0.25) is 16.0 Å². The Morgan fingerprint density at radius 1 is 1.24 bits per heavy atom. The summed E-state index contributed by atoms with van der Waals surface area (Å²) < 4.78 is 34.5. The van der Waals surface area contributed by atoms with Crippen molar-refractivity contribution in [3.8, 4) is 5.75 Å². The summed E-state index contributed by atoms with van der Waals surface area (Å²) in [6, 6.07) is 8.37. The van der Waals surface area contributed by atoms with E-state index in [4.69, 9.17) is 32.6 Å². The van der Waals surface area contributed by atoms with Crippen molar-refractivity contribution in [2.45, 2.75) is 37.1 Å². The van der Waals surface area contributed by atoms with E-state index in [1.54, 1.807) is 37.3 Å². The number of halogens is 2. The molecule has 6 N–H and O–H groups in total. The summed E-state index contributed by atoms with van der Waals surface area (Å²) in [5.41, 5.74) is 11.4. The van der Waals surface area contributed by atoms with E-state index in [9.17, 15) is 18.3 Å². The van der Waals surface area contributed by atoms with Crippen molar-refractivity contribution in [3.63, 3.8) is 0 Å². The lowest BCUT2D eigenvalue weighted by Crippen LogP contribution is -2.42. The van der Waals surface area contributed by atoms with Crippen molar-refractivity contribution >= 4 is 49.5 Å². The Morgan fingerprint density at radius 2 is 1.91 bits per heavy atom. The normalized spacial score (nSPS) is 12.1. The Morgan fingerprint density at radius 3 is 2.50 bits per heavy atom. The summed E-state index contributed by atoms with van der Waals surface area (Å²) in [7, 11) is -4.19. The second-order valence-electron chi connectivity index (χ2n) is 7.14. The lowest BCUT2D eigenvalue weighted by Gasteiger charge is -2.18. The van der Waals surface area contributed by atoms with Gasteiger partial charge < -0.3 is 26.1 Å². The zero-order valence-corrected chi connectivity index (χ0v) is 21.5. The molecule has 1 atom stereocenters. The van der Waals surface area contributed by atoms with Crippen LogP contribution in [0, 0.1) is 0 Å². The minimum Gasteiger partial charge on any atom is -0.493 e. The number of nitrogens with zero attached hydrogens (tertiary/aromatic N) is 1. The molecule has 0 unspecified atom stereocenters. The molecule has 0 amide bonds. The highest BCUT2D eigenvalue weighted by atomic mass is 79.9. The first-order chi connectivity index (χ1) is 16.0. The lowest BCUT2D eigenvalue weighted by atomic mass is 10.1. The van der Waals surface area contributed by atoms with Crippen molar-refractivity contribution in [1.82, 2.24) is 4.72 Å². The first-order valence-corrected chi connectivity index (χ1v) is 12.8. The molecular weight excluding hydrogens is 552 g/mol. The molecule has 0 heterocycles. The fraction of sp³-hybridized carbons (Fsp3) is 0.333. The van der Waals surface area contributed by atoms with Crippen molar-refractivity contribution in [1.29, 1.82) is 0 Å². The van der Waals surface area contributed by atoms with Gasteiger partial charge in [-0.2, -0.15) is 4.72 Å². The third-order valence-electron chi connectivity index (χ3n) is 4.51. The molecular formula is C21H26BrClN4O6S. The number of carbonyl (C=O) groups is 1. The van der Waals surface area contributed by atoms with Gasteiger partial charge in [-0.05, 0) is 53.4 Å².